The summed E-state index contributed by atoms with van der Waals surface area (Å²) in [6.45, 7) is 3.03. The minimum atomic E-state index is -0.571. The van der Waals surface area contributed by atoms with Gasteiger partial charge in [0.15, 0.2) is 6.61 Å². The number of rotatable bonds is 6. The summed E-state index contributed by atoms with van der Waals surface area (Å²) in [4.78, 5) is 37.5. The van der Waals surface area contributed by atoms with Crippen LogP contribution in [0, 0.1) is 13.8 Å². The highest BCUT2D eigenvalue weighted by atomic mass is 35.5. The predicted octanol–water partition coefficient (Wildman–Crippen LogP) is 3.21. The van der Waals surface area contributed by atoms with Crippen molar-refractivity contribution in [3.63, 3.8) is 0 Å². The Morgan fingerprint density at radius 3 is 2.52 bits per heavy atom. The molecule has 0 saturated carbocycles. The van der Waals surface area contributed by atoms with Crippen LogP contribution in [0.2, 0.25) is 5.02 Å². The topological polar surface area (TPSA) is 75.7 Å². The molecule has 142 valence electrons. The number of anilines is 1. The highest BCUT2D eigenvalue weighted by Crippen LogP contribution is 2.20. The van der Waals surface area contributed by atoms with Crippen LogP contribution in [-0.4, -0.2) is 42.9 Å². The number of carbonyl (C=O) groups excluding carboxylic acids is 3. The molecule has 7 heteroatoms. The Hall–Kier alpha value is -2.86. The third-order valence-corrected chi connectivity index (χ3v) is 4.22. The molecule has 1 N–H and O–H groups in total. The van der Waals surface area contributed by atoms with Crippen molar-refractivity contribution in [3.8, 4) is 0 Å². The molecule has 2 aromatic rings. The van der Waals surface area contributed by atoms with Crippen LogP contribution >= 0.6 is 11.6 Å². The fourth-order valence-electron chi connectivity index (χ4n) is 2.33. The van der Waals surface area contributed by atoms with Gasteiger partial charge in [0.1, 0.15) is 0 Å². The van der Waals surface area contributed by atoms with Crippen molar-refractivity contribution >= 4 is 35.1 Å². The van der Waals surface area contributed by atoms with Gasteiger partial charge in [-0.2, -0.15) is 0 Å². The summed E-state index contributed by atoms with van der Waals surface area (Å²) in [5, 5.41) is 3.03. The SMILES string of the molecule is Cc1ccc(C)c(C(=O)OCC(=O)N(C)CC(=O)Nc2ccccc2Cl)c1. The van der Waals surface area contributed by atoms with E-state index in [1.807, 2.05) is 19.1 Å². The van der Waals surface area contributed by atoms with Crippen molar-refractivity contribution < 1.29 is 19.1 Å². The number of hydrogen-bond donors (Lipinski definition) is 1. The van der Waals surface area contributed by atoms with Crippen LogP contribution in [0.3, 0.4) is 0 Å². The van der Waals surface area contributed by atoms with Crippen molar-refractivity contribution in [2.75, 3.05) is 25.5 Å². The van der Waals surface area contributed by atoms with Crippen LogP contribution < -0.4 is 5.32 Å². The fraction of sp³-hybridized carbons (Fsp3) is 0.250. The van der Waals surface area contributed by atoms with Gasteiger partial charge in [0.2, 0.25) is 5.91 Å². The number of aryl methyl sites for hydroxylation is 2. The zero-order chi connectivity index (χ0) is 20.0. The Morgan fingerprint density at radius 2 is 1.81 bits per heavy atom. The third kappa shape index (κ3) is 5.82. The van der Waals surface area contributed by atoms with Crippen molar-refractivity contribution in [1.29, 1.82) is 0 Å². The number of hydrogen-bond acceptors (Lipinski definition) is 4. The largest absolute Gasteiger partial charge is 0.452 e. The number of halogens is 1. The number of carbonyl (C=O) groups is 3. The number of esters is 1. The smallest absolute Gasteiger partial charge is 0.338 e. The number of amides is 2. The van der Waals surface area contributed by atoms with Crippen molar-refractivity contribution in [1.82, 2.24) is 4.90 Å². The van der Waals surface area contributed by atoms with E-state index in [1.54, 1.807) is 37.3 Å². The van der Waals surface area contributed by atoms with Gasteiger partial charge in [0, 0.05) is 7.05 Å². The van der Waals surface area contributed by atoms with Crippen LogP contribution in [0.25, 0.3) is 0 Å². The van der Waals surface area contributed by atoms with Gasteiger partial charge in [0.05, 0.1) is 22.8 Å². The van der Waals surface area contributed by atoms with E-state index in [0.29, 0.717) is 16.3 Å². The van der Waals surface area contributed by atoms with E-state index in [2.05, 4.69) is 5.32 Å². The minimum absolute atomic E-state index is 0.189. The molecular formula is C20H21ClN2O4. The summed E-state index contributed by atoms with van der Waals surface area (Å²) in [7, 11) is 1.46. The Kier molecular flexibility index (Phi) is 6.96. The van der Waals surface area contributed by atoms with E-state index >= 15 is 0 Å². The highest BCUT2D eigenvalue weighted by Gasteiger charge is 2.17. The lowest BCUT2D eigenvalue weighted by Crippen LogP contribution is -2.37. The Labute approximate surface area is 163 Å². The minimum Gasteiger partial charge on any atom is -0.452 e. The van der Waals surface area contributed by atoms with Gasteiger partial charge in [-0.1, -0.05) is 41.4 Å². The van der Waals surface area contributed by atoms with Crippen LogP contribution in [0.15, 0.2) is 42.5 Å². The van der Waals surface area contributed by atoms with Gasteiger partial charge in [0.25, 0.3) is 5.91 Å². The van der Waals surface area contributed by atoms with Gasteiger partial charge in [-0.05, 0) is 37.6 Å². The van der Waals surface area contributed by atoms with Gasteiger partial charge >= 0.3 is 5.97 Å². The first-order chi connectivity index (χ1) is 12.8. The van der Waals surface area contributed by atoms with Crippen LogP contribution in [-0.2, 0) is 14.3 Å². The number of ether oxygens (including phenoxy) is 1. The molecule has 0 aliphatic heterocycles. The number of para-hydroxylation sites is 1. The number of benzene rings is 2. The van der Waals surface area contributed by atoms with Gasteiger partial charge in [-0.15, -0.1) is 0 Å². The van der Waals surface area contributed by atoms with E-state index in [0.717, 1.165) is 11.1 Å². The molecular weight excluding hydrogens is 368 g/mol. The Balaban J connectivity index is 1.86. The zero-order valence-corrected chi connectivity index (χ0v) is 16.2. The molecule has 0 bridgehead atoms. The summed E-state index contributed by atoms with van der Waals surface area (Å²) < 4.78 is 5.08. The average molecular weight is 389 g/mol. The lowest BCUT2D eigenvalue weighted by atomic mass is 10.1. The molecule has 0 fully saturated rings. The number of nitrogens with one attached hydrogen (secondary N) is 1. The van der Waals surface area contributed by atoms with E-state index in [9.17, 15) is 14.4 Å². The van der Waals surface area contributed by atoms with Crippen molar-refractivity contribution in [3.05, 3.63) is 64.2 Å². The van der Waals surface area contributed by atoms with Crippen LogP contribution in [0.4, 0.5) is 5.69 Å². The average Bonchev–Trinajstić information content (AvgIpc) is 2.63. The molecule has 27 heavy (non-hydrogen) atoms. The highest BCUT2D eigenvalue weighted by molar-refractivity contribution is 6.33. The standard InChI is InChI=1S/C20H21ClN2O4/c1-13-8-9-14(2)15(10-13)20(26)27-12-19(25)23(3)11-18(24)22-17-7-5-4-6-16(17)21/h4-10H,11-12H2,1-3H3,(H,22,24). The summed E-state index contributed by atoms with van der Waals surface area (Å²) in [6.07, 6.45) is 0. The van der Waals surface area contributed by atoms with Crippen LogP contribution in [0.5, 0.6) is 0 Å². The lowest BCUT2D eigenvalue weighted by Gasteiger charge is -2.17. The van der Waals surface area contributed by atoms with Crippen molar-refractivity contribution in [2.24, 2.45) is 0 Å². The molecule has 0 aliphatic rings. The maximum absolute atomic E-state index is 12.2. The maximum Gasteiger partial charge on any atom is 0.338 e. The Bertz CT molecular complexity index is 867. The van der Waals surface area contributed by atoms with Crippen LogP contribution in [0.1, 0.15) is 21.5 Å². The quantitative estimate of drug-likeness (QED) is 0.771. The second-order valence-corrected chi connectivity index (χ2v) is 6.58. The Morgan fingerprint density at radius 1 is 1.11 bits per heavy atom. The van der Waals surface area contributed by atoms with Gasteiger partial charge in [-0.3, -0.25) is 9.59 Å². The third-order valence-electron chi connectivity index (χ3n) is 3.89. The molecule has 6 nitrogen and oxygen atoms in total. The van der Waals surface area contributed by atoms with E-state index in [-0.39, 0.29) is 6.54 Å². The molecule has 0 radical (unpaired) electrons. The normalized spacial score (nSPS) is 10.2. The summed E-state index contributed by atoms with van der Waals surface area (Å²) in [5.74, 6) is -1.46. The molecule has 0 saturated heterocycles. The van der Waals surface area contributed by atoms with E-state index < -0.39 is 24.4 Å². The molecule has 2 rings (SSSR count). The summed E-state index contributed by atoms with van der Waals surface area (Å²) in [5.41, 5.74) is 2.58. The van der Waals surface area contributed by atoms with E-state index in [4.69, 9.17) is 16.3 Å². The monoisotopic (exact) mass is 388 g/mol. The molecule has 0 spiro atoms. The molecule has 2 aromatic carbocycles. The molecule has 0 atom stereocenters. The zero-order valence-electron chi connectivity index (χ0n) is 15.4. The molecule has 0 aliphatic carbocycles. The summed E-state index contributed by atoms with van der Waals surface area (Å²) >= 11 is 5.98. The second-order valence-electron chi connectivity index (χ2n) is 6.17. The molecule has 0 heterocycles. The van der Waals surface area contributed by atoms with Gasteiger partial charge in [-0.25, -0.2) is 4.79 Å². The van der Waals surface area contributed by atoms with Gasteiger partial charge < -0.3 is 15.0 Å². The first kappa shape index (κ1) is 20.5. The molecule has 2 amide bonds. The number of likely N-dealkylation sites (N-methyl/N-ethyl adjacent to an activating group) is 1. The molecule has 0 unspecified atom stereocenters. The first-order valence-electron chi connectivity index (χ1n) is 8.30. The lowest BCUT2D eigenvalue weighted by molar-refractivity contribution is -0.136. The number of nitrogens with zero attached hydrogens (tertiary/aromatic N) is 1. The van der Waals surface area contributed by atoms with Crippen molar-refractivity contribution in [2.45, 2.75) is 13.8 Å². The maximum atomic E-state index is 12.2. The first-order valence-corrected chi connectivity index (χ1v) is 8.68. The molecule has 0 aromatic heterocycles. The summed E-state index contributed by atoms with van der Waals surface area (Å²) in [6, 6.07) is 12.2. The second kappa shape index (κ2) is 9.19. The fourth-order valence-corrected chi connectivity index (χ4v) is 2.51. The van der Waals surface area contributed by atoms with E-state index in [1.165, 1.54) is 11.9 Å². The predicted molar refractivity (Wildman–Crippen MR) is 104 cm³/mol.